The number of anilines is 1. The van der Waals surface area contributed by atoms with Crippen LogP contribution in [0, 0.1) is 33.8 Å². The fourth-order valence-corrected chi connectivity index (χ4v) is 6.40. The molecule has 3 aromatic rings. The first kappa shape index (κ1) is 26.9. The number of rotatable bonds is 7. The van der Waals surface area contributed by atoms with Crippen LogP contribution in [0.2, 0.25) is 0 Å². The van der Waals surface area contributed by atoms with Gasteiger partial charge in [-0.1, -0.05) is 36.4 Å². The normalized spacial score (nSPS) is 21.9. The Morgan fingerprint density at radius 2 is 1.31 bits per heavy atom. The van der Waals surface area contributed by atoms with Crippen molar-refractivity contribution >= 4 is 34.7 Å². The molecule has 0 spiro atoms. The molecule has 42 heavy (non-hydrogen) atoms. The van der Waals surface area contributed by atoms with Crippen LogP contribution in [0.5, 0.6) is 17.2 Å². The van der Waals surface area contributed by atoms with E-state index in [1.807, 2.05) is 60.7 Å². The molecule has 1 saturated heterocycles. The fraction of sp³-hybridized carbons (Fsp3) is 0.219. The van der Waals surface area contributed by atoms with Crippen LogP contribution in [0.4, 0.5) is 11.4 Å². The lowest BCUT2D eigenvalue weighted by Crippen LogP contribution is -2.33. The van der Waals surface area contributed by atoms with Gasteiger partial charge in [-0.25, -0.2) is 4.90 Å². The second-order valence-corrected chi connectivity index (χ2v) is 10.3. The number of hydrogen-bond acceptors (Lipinski definition) is 8. The maximum atomic E-state index is 13.9. The summed E-state index contributed by atoms with van der Waals surface area (Å²) in [5, 5.41) is 11.7. The van der Waals surface area contributed by atoms with Gasteiger partial charge in [-0.3, -0.25) is 24.5 Å². The zero-order valence-corrected chi connectivity index (χ0v) is 23.0. The van der Waals surface area contributed by atoms with Gasteiger partial charge in [0.05, 0.1) is 36.7 Å². The van der Waals surface area contributed by atoms with Gasteiger partial charge < -0.3 is 14.2 Å². The molecule has 3 aromatic carbocycles. The predicted octanol–water partition coefficient (Wildman–Crippen LogP) is 4.96. The van der Waals surface area contributed by atoms with E-state index in [4.69, 9.17) is 14.2 Å². The number of carbonyl (C=O) groups excluding carboxylic acids is 3. The first-order chi connectivity index (χ1) is 20.2. The highest BCUT2D eigenvalue weighted by Crippen LogP contribution is 2.59. The number of allylic oxidation sites excluding steroid dienone is 3. The Balaban J connectivity index is 1.43. The molecule has 212 valence electrons. The van der Waals surface area contributed by atoms with Crippen molar-refractivity contribution in [2.24, 2.45) is 23.7 Å². The number of benzene rings is 3. The Morgan fingerprint density at radius 3 is 1.74 bits per heavy atom. The summed E-state index contributed by atoms with van der Waals surface area (Å²) in [6.07, 6.45) is 3.96. The number of imide groups is 1. The van der Waals surface area contributed by atoms with Gasteiger partial charge >= 0.3 is 11.7 Å². The van der Waals surface area contributed by atoms with Crippen molar-refractivity contribution < 1.29 is 33.5 Å². The fourth-order valence-electron chi connectivity index (χ4n) is 6.40. The topological polar surface area (TPSA) is 125 Å². The highest BCUT2D eigenvalue weighted by Gasteiger charge is 2.62. The number of hydrogen-bond donors (Lipinski definition) is 0. The molecule has 2 aliphatic carbocycles. The third-order valence-electron chi connectivity index (χ3n) is 8.11. The van der Waals surface area contributed by atoms with Crippen LogP contribution in [0.3, 0.4) is 0 Å². The minimum atomic E-state index is -0.722. The van der Waals surface area contributed by atoms with Gasteiger partial charge in [0.2, 0.25) is 17.6 Å². The average molecular weight is 567 g/mol. The molecule has 1 aliphatic heterocycles. The van der Waals surface area contributed by atoms with E-state index >= 15 is 0 Å². The Morgan fingerprint density at radius 1 is 0.810 bits per heavy atom. The average Bonchev–Trinajstić information content (AvgIpc) is 3.62. The summed E-state index contributed by atoms with van der Waals surface area (Å²) in [5.41, 5.74) is 3.31. The molecule has 4 unspecified atom stereocenters. The minimum Gasteiger partial charge on any atom is -0.497 e. The second kappa shape index (κ2) is 10.3. The first-order valence-corrected chi connectivity index (χ1v) is 13.3. The molecule has 2 fully saturated rings. The summed E-state index contributed by atoms with van der Waals surface area (Å²) in [5.74, 6) is -2.38. The molecule has 4 atom stereocenters. The summed E-state index contributed by atoms with van der Waals surface area (Å²) in [6.45, 7) is 1.13. The van der Waals surface area contributed by atoms with Crippen LogP contribution < -0.4 is 19.1 Å². The Bertz CT molecular complexity index is 1610. The molecular formula is C32H26N2O8. The molecule has 1 heterocycles. The maximum Gasteiger partial charge on any atom is 0.313 e. The molecule has 2 bridgehead atoms. The van der Waals surface area contributed by atoms with Gasteiger partial charge in [-0.15, -0.1) is 0 Å². The standard InChI is InChI=1S/C32H26N2O8/c1-17(35)42-26-15-8-20(16-25(26)34(38)39)33-31(36)29-23-13-14-24(30(29)32(33)37)28(23)27(18-4-9-21(40-2)10-5-18)19-6-11-22(41-3)12-7-19/h4-16,23-24,29-30H,1-3H3. The van der Waals surface area contributed by atoms with Crippen LogP contribution in [-0.2, 0) is 14.4 Å². The molecule has 10 nitrogen and oxygen atoms in total. The van der Waals surface area contributed by atoms with Crippen molar-refractivity contribution in [3.05, 3.63) is 106 Å². The molecule has 0 N–H and O–H groups in total. The third-order valence-corrected chi connectivity index (χ3v) is 8.11. The number of nitrogens with zero attached hydrogens (tertiary/aromatic N) is 2. The van der Waals surface area contributed by atoms with Crippen molar-refractivity contribution in [3.8, 4) is 17.2 Å². The summed E-state index contributed by atoms with van der Waals surface area (Å²) < 4.78 is 15.7. The summed E-state index contributed by atoms with van der Waals surface area (Å²) >= 11 is 0. The van der Waals surface area contributed by atoms with Crippen LogP contribution in [0.1, 0.15) is 18.1 Å². The minimum absolute atomic E-state index is 0.0671. The van der Waals surface area contributed by atoms with Gasteiger partial charge in [0.25, 0.3) is 0 Å². The number of nitro benzene ring substituents is 1. The lowest BCUT2D eigenvalue weighted by Gasteiger charge is -2.22. The van der Waals surface area contributed by atoms with Crippen LogP contribution in [-0.4, -0.2) is 36.9 Å². The van der Waals surface area contributed by atoms with E-state index in [0.29, 0.717) is 11.5 Å². The van der Waals surface area contributed by atoms with E-state index in [-0.39, 0.29) is 23.3 Å². The van der Waals surface area contributed by atoms with E-state index in [2.05, 4.69) is 0 Å². The molecule has 0 aromatic heterocycles. The highest BCUT2D eigenvalue weighted by atomic mass is 16.6. The number of nitro groups is 1. The zero-order valence-electron chi connectivity index (χ0n) is 23.0. The van der Waals surface area contributed by atoms with E-state index in [1.165, 1.54) is 12.1 Å². The SMILES string of the molecule is COc1ccc(C(=C2C3C=CC2C2C(=O)N(c4ccc(OC(C)=O)c([N+](=O)[O-])c4)C(=O)C32)c2ccc(OC)cc2)cc1. The Hall–Kier alpha value is -5.25. The molecule has 10 heteroatoms. The predicted molar refractivity (Wildman–Crippen MR) is 152 cm³/mol. The van der Waals surface area contributed by atoms with E-state index in [9.17, 15) is 24.5 Å². The van der Waals surface area contributed by atoms with Crippen molar-refractivity contribution in [2.45, 2.75) is 6.92 Å². The van der Waals surface area contributed by atoms with E-state index < -0.39 is 40.2 Å². The van der Waals surface area contributed by atoms with Gasteiger partial charge in [0.15, 0.2) is 0 Å². The van der Waals surface area contributed by atoms with Gasteiger partial charge in [0, 0.05) is 24.8 Å². The highest BCUT2D eigenvalue weighted by molar-refractivity contribution is 6.23. The van der Waals surface area contributed by atoms with Gasteiger partial charge in [0.1, 0.15) is 11.5 Å². The monoisotopic (exact) mass is 566 g/mol. The largest absolute Gasteiger partial charge is 0.497 e. The quantitative estimate of drug-likeness (QED) is 0.0981. The Labute approximate surface area is 240 Å². The van der Waals surface area contributed by atoms with Crippen LogP contribution in [0.25, 0.3) is 5.57 Å². The van der Waals surface area contributed by atoms with E-state index in [1.54, 1.807) is 14.2 Å². The lowest BCUT2D eigenvalue weighted by molar-refractivity contribution is -0.385. The number of methoxy groups -OCH3 is 2. The molecule has 2 amide bonds. The van der Waals surface area contributed by atoms with E-state index in [0.717, 1.165) is 40.2 Å². The molecule has 1 saturated carbocycles. The van der Waals surface area contributed by atoms with Gasteiger partial charge in [-0.2, -0.15) is 0 Å². The molecule has 0 radical (unpaired) electrons. The number of amides is 2. The van der Waals surface area contributed by atoms with Crippen molar-refractivity contribution in [1.29, 1.82) is 0 Å². The zero-order chi connectivity index (χ0) is 29.7. The van der Waals surface area contributed by atoms with Crippen molar-refractivity contribution in [2.75, 3.05) is 19.1 Å². The summed E-state index contributed by atoms with van der Waals surface area (Å²) in [4.78, 5) is 51.2. The van der Waals surface area contributed by atoms with Crippen molar-refractivity contribution in [1.82, 2.24) is 0 Å². The summed E-state index contributed by atoms with van der Waals surface area (Å²) in [6, 6.07) is 19.0. The molecule has 3 aliphatic rings. The van der Waals surface area contributed by atoms with Crippen molar-refractivity contribution in [3.63, 3.8) is 0 Å². The lowest BCUT2D eigenvalue weighted by atomic mass is 9.85. The smallest absolute Gasteiger partial charge is 0.313 e. The Kier molecular flexibility index (Phi) is 6.61. The second-order valence-electron chi connectivity index (χ2n) is 10.3. The number of carbonyl (C=O) groups is 3. The first-order valence-electron chi connectivity index (χ1n) is 13.3. The molecule has 6 rings (SSSR count). The van der Waals surface area contributed by atoms with Crippen LogP contribution >= 0.6 is 0 Å². The number of ether oxygens (including phenoxy) is 3. The number of esters is 1. The van der Waals surface area contributed by atoms with Crippen LogP contribution in [0.15, 0.2) is 84.5 Å². The summed E-state index contributed by atoms with van der Waals surface area (Å²) in [7, 11) is 3.20. The molecular weight excluding hydrogens is 540 g/mol. The number of fused-ring (bicyclic) bond motifs is 5. The third kappa shape index (κ3) is 4.23. The maximum absolute atomic E-state index is 13.9. The van der Waals surface area contributed by atoms with Gasteiger partial charge in [-0.05, 0) is 58.7 Å².